The molecule has 10 heteroatoms. The number of aromatic nitrogens is 1. The van der Waals surface area contributed by atoms with Gasteiger partial charge in [0.25, 0.3) is 0 Å². The highest BCUT2D eigenvalue weighted by Crippen LogP contribution is 2.48. The van der Waals surface area contributed by atoms with Crippen LogP contribution in [0.3, 0.4) is 0 Å². The average molecular weight is 471 g/mol. The van der Waals surface area contributed by atoms with E-state index >= 15 is 4.39 Å². The molecule has 2 fully saturated rings. The number of ether oxygens (including phenoxy) is 1. The summed E-state index contributed by atoms with van der Waals surface area (Å²) in [4.78, 5) is 30.1. The number of esters is 1. The predicted octanol–water partition coefficient (Wildman–Crippen LogP) is 3.02. The predicted molar refractivity (Wildman–Crippen MR) is 127 cm³/mol. The van der Waals surface area contributed by atoms with E-state index in [1.807, 2.05) is 6.92 Å². The lowest BCUT2D eigenvalue weighted by molar-refractivity contribution is 0.0410. The third kappa shape index (κ3) is 3.42. The molecule has 34 heavy (non-hydrogen) atoms. The Bertz CT molecular complexity index is 1210. The average Bonchev–Trinajstić information content (AvgIpc) is 3.40. The van der Waals surface area contributed by atoms with Crippen molar-refractivity contribution >= 4 is 22.6 Å². The van der Waals surface area contributed by atoms with Crippen molar-refractivity contribution in [1.29, 1.82) is 0 Å². The maximum atomic E-state index is 15.7. The largest absolute Gasteiger partial charge is 0.462 e. The van der Waals surface area contributed by atoms with Crippen LogP contribution in [-0.4, -0.2) is 71.9 Å². The first-order valence-electron chi connectivity index (χ1n) is 12.1. The van der Waals surface area contributed by atoms with Gasteiger partial charge in [0.1, 0.15) is 28.8 Å². The molecule has 1 saturated carbocycles. The standard InChI is InChI=1S/C24H31FN6O3/c1-4-29-15-17(23(33)34-5-2)22(32)16-13-18(25)20(14-19(16)29)31-24(8-6-7-21(24)26-27-31)30-11-9-28(3)10-12-30/h13-15,21H,4-12H2,1-3H3/t21-,24+/m0/s1. The van der Waals surface area contributed by atoms with E-state index in [0.29, 0.717) is 17.7 Å². The summed E-state index contributed by atoms with van der Waals surface area (Å²) in [5.74, 6) is -1.24. The quantitative estimate of drug-likeness (QED) is 0.625. The zero-order chi connectivity index (χ0) is 24.0. The fourth-order valence-electron chi connectivity index (χ4n) is 5.67. The van der Waals surface area contributed by atoms with Crippen molar-refractivity contribution in [3.63, 3.8) is 0 Å². The van der Waals surface area contributed by atoms with Gasteiger partial charge in [-0.15, -0.1) is 0 Å². The van der Waals surface area contributed by atoms with E-state index in [2.05, 4.69) is 27.2 Å². The molecule has 3 heterocycles. The van der Waals surface area contributed by atoms with Crippen LogP contribution in [0.25, 0.3) is 10.9 Å². The maximum Gasteiger partial charge on any atom is 0.343 e. The second kappa shape index (κ2) is 8.74. The van der Waals surface area contributed by atoms with Crippen molar-refractivity contribution in [2.24, 2.45) is 10.3 Å². The number of nitrogens with zero attached hydrogens (tertiary/aromatic N) is 6. The van der Waals surface area contributed by atoms with Crippen molar-refractivity contribution in [2.75, 3.05) is 44.8 Å². The molecule has 1 aromatic heterocycles. The number of aryl methyl sites for hydroxylation is 1. The van der Waals surface area contributed by atoms with Crippen molar-refractivity contribution in [1.82, 2.24) is 14.4 Å². The molecular weight excluding hydrogens is 439 g/mol. The zero-order valence-electron chi connectivity index (χ0n) is 20.0. The Morgan fingerprint density at radius 1 is 1.24 bits per heavy atom. The monoisotopic (exact) mass is 470 g/mol. The Morgan fingerprint density at radius 3 is 2.71 bits per heavy atom. The van der Waals surface area contributed by atoms with Crippen LogP contribution < -0.4 is 10.4 Å². The summed E-state index contributed by atoms with van der Waals surface area (Å²) >= 11 is 0. The molecule has 0 unspecified atom stereocenters. The summed E-state index contributed by atoms with van der Waals surface area (Å²) in [5.41, 5.74) is -0.238. The molecule has 1 aliphatic carbocycles. The molecule has 0 N–H and O–H groups in total. The smallest absolute Gasteiger partial charge is 0.343 e. The van der Waals surface area contributed by atoms with Gasteiger partial charge in [0, 0.05) is 44.3 Å². The number of anilines is 1. The Balaban J connectivity index is 1.63. The first-order chi connectivity index (χ1) is 16.4. The van der Waals surface area contributed by atoms with Crippen LogP contribution in [-0.2, 0) is 11.3 Å². The molecule has 0 amide bonds. The minimum atomic E-state index is -0.697. The lowest BCUT2D eigenvalue weighted by Crippen LogP contribution is -2.64. The van der Waals surface area contributed by atoms with E-state index in [9.17, 15) is 9.59 Å². The second-order valence-corrected chi connectivity index (χ2v) is 9.29. The van der Waals surface area contributed by atoms with Crippen LogP contribution in [0.15, 0.2) is 33.5 Å². The van der Waals surface area contributed by atoms with Gasteiger partial charge in [0.2, 0.25) is 5.43 Å². The molecule has 0 radical (unpaired) electrons. The first-order valence-corrected chi connectivity index (χ1v) is 12.1. The van der Waals surface area contributed by atoms with Gasteiger partial charge >= 0.3 is 5.97 Å². The van der Waals surface area contributed by atoms with Crippen molar-refractivity contribution in [2.45, 2.75) is 51.4 Å². The number of fused-ring (bicyclic) bond motifs is 2. The van der Waals surface area contributed by atoms with E-state index < -0.39 is 22.9 Å². The molecule has 2 aliphatic heterocycles. The van der Waals surface area contributed by atoms with Gasteiger partial charge < -0.3 is 14.2 Å². The summed E-state index contributed by atoms with van der Waals surface area (Å²) in [6, 6.07) is 2.91. The highest BCUT2D eigenvalue weighted by atomic mass is 19.1. The number of carbonyl (C=O) groups is 1. The highest BCUT2D eigenvalue weighted by Gasteiger charge is 2.57. The topological polar surface area (TPSA) is 82.7 Å². The lowest BCUT2D eigenvalue weighted by atomic mass is 9.99. The van der Waals surface area contributed by atoms with Crippen LogP contribution in [0.5, 0.6) is 0 Å². The summed E-state index contributed by atoms with van der Waals surface area (Å²) in [6.45, 7) is 7.87. The third-order valence-corrected chi connectivity index (χ3v) is 7.47. The number of hydrogen-bond donors (Lipinski definition) is 0. The molecule has 0 bridgehead atoms. The van der Waals surface area contributed by atoms with Gasteiger partial charge in [-0.3, -0.25) is 9.69 Å². The lowest BCUT2D eigenvalue weighted by Gasteiger charge is -2.48. The minimum Gasteiger partial charge on any atom is -0.462 e. The second-order valence-electron chi connectivity index (χ2n) is 9.29. The van der Waals surface area contributed by atoms with Gasteiger partial charge in [0.15, 0.2) is 0 Å². The van der Waals surface area contributed by atoms with Crippen molar-refractivity contribution in [3.05, 3.63) is 39.9 Å². The van der Waals surface area contributed by atoms with Crippen molar-refractivity contribution in [3.8, 4) is 0 Å². The fourth-order valence-corrected chi connectivity index (χ4v) is 5.67. The number of benzene rings is 1. The summed E-state index contributed by atoms with van der Waals surface area (Å²) in [7, 11) is 2.11. The Hall–Kier alpha value is -2.85. The molecule has 0 spiro atoms. The number of rotatable bonds is 5. The van der Waals surface area contributed by atoms with Gasteiger partial charge in [-0.2, -0.15) is 5.11 Å². The number of piperazine rings is 1. The zero-order valence-corrected chi connectivity index (χ0v) is 20.0. The summed E-state index contributed by atoms with van der Waals surface area (Å²) in [6.07, 6.45) is 4.28. The Kier molecular flexibility index (Phi) is 5.89. The van der Waals surface area contributed by atoms with Crippen molar-refractivity contribution < 1.29 is 13.9 Å². The highest BCUT2D eigenvalue weighted by molar-refractivity contribution is 5.94. The van der Waals surface area contributed by atoms with E-state index in [4.69, 9.17) is 4.74 Å². The molecule has 3 aliphatic rings. The molecule has 2 atom stereocenters. The van der Waals surface area contributed by atoms with Crippen LogP contribution in [0, 0.1) is 5.82 Å². The maximum absolute atomic E-state index is 15.7. The number of pyridine rings is 1. The van der Waals surface area contributed by atoms with Gasteiger partial charge in [-0.1, -0.05) is 5.22 Å². The number of likely N-dealkylation sites (N-methyl/N-ethyl adjacent to an activating group) is 1. The summed E-state index contributed by atoms with van der Waals surface area (Å²) in [5, 5.41) is 10.9. The van der Waals surface area contributed by atoms with Crippen LogP contribution in [0.2, 0.25) is 0 Å². The number of carbonyl (C=O) groups excluding carboxylic acids is 1. The third-order valence-electron chi connectivity index (χ3n) is 7.47. The van der Waals surface area contributed by atoms with Crippen LogP contribution in [0.1, 0.15) is 43.5 Å². The first kappa shape index (κ1) is 22.9. The number of halogens is 1. The minimum absolute atomic E-state index is 0.00874. The van der Waals surface area contributed by atoms with E-state index in [0.717, 1.165) is 45.4 Å². The number of hydrogen-bond acceptors (Lipinski definition) is 8. The Labute approximate surface area is 197 Å². The summed E-state index contributed by atoms with van der Waals surface area (Å²) < 4.78 is 22.5. The van der Waals surface area contributed by atoms with Crippen LogP contribution in [0.4, 0.5) is 10.1 Å². The molecule has 5 rings (SSSR count). The fraction of sp³-hybridized carbons (Fsp3) is 0.583. The van der Waals surface area contributed by atoms with Crippen LogP contribution >= 0.6 is 0 Å². The van der Waals surface area contributed by atoms with E-state index in [1.54, 1.807) is 22.6 Å². The SMILES string of the molecule is CCOC(=O)c1cn(CC)c2cc(N3N=N[C@H]4CCC[C@]43N3CCN(C)CC3)c(F)cc2c1=O. The molecule has 1 saturated heterocycles. The molecule has 2 aromatic rings. The molecular formula is C24H31FN6O3. The normalized spacial score (nSPS) is 25.3. The molecule has 1 aromatic carbocycles. The van der Waals surface area contributed by atoms with Gasteiger partial charge in [0.05, 0.1) is 12.1 Å². The van der Waals surface area contributed by atoms with Gasteiger partial charge in [-0.05, 0) is 52.3 Å². The molecule has 9 nitrogen and oxygen atoms in total. The van der Waals surface area contributed by atoms with Gasteiger partial charge in [-0.25, -0.2) is 14.2 Å². The van der Waals surface area contributed by atoms with E-state index in [1.165, 1.54) is 12.3 Å². The Morgan fingerprint density at radius 2 is 2.00 bits per heavy atom. The van der Waals surface area contributed by atoms with E-state index in [-0.39, 0.29) is 23.6 Å². The molecule has 182 valence electrons.